The second-order valence-corrected chi connectivity index (χ2v) is 4.99. The first kappa shape index (κ1) is 13.2. The molecule has 0 bridgehead atoms. The van der Waals surface area contributed by atoms with Crippen LogP contribution < -0.4 is 10.5 Å². The van der Waals surface area contributed by atoms with Crippen molar-refractivity contribution in [1.29, 1.82) is 0 Å². The van der Waals surface area contributed by atoms with E-state index in [0.29, 0.717) is 5.75 Å². The van der Waals surface area contributed by atoms with Crippen LogP contribution in [-0.4, -0.2) is 23.4 Å². The average Bonchev–Trinajstić information content (AvgIpc) is 2.90. The second kappa shape index (κ2) is 5.59. The second-order valence-electron chi connectivity index (χ2n) is 4.99. The summed E-state index contributed by atoms with van der Waals surface area (Å²) in [6.07, 6.45) is 3.87. The van der Waals surface area contributed by atoms with Crippen molar-refractivity contribution in [3.63, 3.8) is 0 Å². The zero-order chi connectivity index (χ0) is 13.1. The van der Waals surface area contributed by atoms with Gasteiger partial charge >= 0.3 is 0 Å². The van der Waals surface area contributed by atoms with Crippen LogP contribution in [0.2, 0.25) is 0 Å². The van der Waals surface area contributed by atoms with E-state index < -0.39 is 12.1 Å². The van der Waals surface area contributed by atoms with E-state index in [0.717, 1.165) is 18.4 Å². The fourth-order valence-electron chi connectivity index (χ4n) is 2.70. The van der Waals surface area contributed by atoms with Crippen LogP contribution in [0, 0.1) is 5.92 Å². The van der Waals surface area contributed by atoms with Crippen molar-refractivity contribution >= 4 is 0 Å². The Hall–Kier alpha value is -1.26. The maximum absolute atomic E-state index is 10.3. The number of hydrogen-bond acceptors (Lipinski definition) is 4. The minimum absolute atomic E-state index is 0.0593. The van der Waals surface area contributed by atoms with Gasteiger partial charge in [-0.05, 0) is 36.5 Å². The molecule has 1 aliphatic rings. The third-order valence-electron chi connectivity index (χ3n) is 3.84. The van der Waals surface area contributed by atoms with Gasteiger partial charge in [0.1, 0.15) is 0 Å². The Morgan fingerprint density at radius 3 is 2.56 bits per heavy atom. The van der Waals surface area contributed by atoms with Gasteiger partial charge in [0, 0.05) is 0 Å². The normalized spacial score (nSPS) is 19.7. The summed E-state index contributed by atoms with van der Waals surface area (Å²) in [5.41, 5.74) is 6.82. The van der Waals surface area contributed by atoms with Gasteiger partial charge in [-0.2, -0.15) is 0 Å². The maximum Gasteiger partial charge on any atom is 0.160 e. The summed E-state index contributed by atoms with van der Waals surface area (Å²) in [4.78, 5) is 0. The van der Waals surface area contributed by atoms with Crippen LogP contribution in [0.15, 0.2) is 18.2 Å². The molecule has 1 fully saturated rings. The van der Waals surface area contributed by atoms with Gasteiger partial charge in [0.15, 0.2) is 11.5 Å². The van der Waals surface area contributed by atoms with Gasteiger partial charge in [0.25, 0.3) is 0 Å². The highest BCUT2D eigenvalue weighted by Crippen LogP contribution is 2.34. The Morgan fingerprint density at radius 1 is 1.33 bits per heavy atom. The summed E-state index contributed by atoms with van der Waals surface area (Å²) in [6, 6.07) is 4.58. The number of nitrogens with two attached hydrogens (primary N) is 1. The van der Waals surface area contributed by atoms with Crippen LogP contribution in [0.4, 0.5) is 0 Å². The Balaban J connectivity index is 2.12. The number of hydrogen-bond donors (Lipinski definition) is 3. The summed E-state index contributed by atoms with van der Waals surface area (Å²) < 4.78 is 4.99. The Morgan fingerprint density at radius 2 is 2.00 bits per heavy atom. The minimum Gasteiger partial charge on any atom is -0.504 e. The number of aliphatic hydroxyl groups is 1. The quantitative estimate of drug-likeness (QED) is 0.764. The van der Waals surface area contributed by atoms with E-state index >= 15 is 0 Å². The fraction of sp³-hybridized carbons (Fsp3) is 0.571. The molecule has 0 aromatic heterocycles. The SMILES string of the molecule is COc1ccc([C@H](N)[C@H](O)C2CCCC2)cc1O. The number of rotatable bonds is 4. The molecule has 4 N–H and O–H groups in total. The van der Waals surface area contributed by atoms with Gasteiger partial charge in [-0.1, -0.05) is 18.9 Å². The number of phenolic OH excluding ortho intramolecular Hbond substituents is 1. The number of aliphatic hydroxyl groups excluding tert-OH is 1. The first-order chi connectivity index (χ1) is 8.63. The monoisotopic (exact) mass is 251 g/mol. The molecule has 1 aliphatic carbocycles. The standard InChI is InChI=1S/C14H21NO3/c1-18-12-7-6-10(8-11(12)16)13(15)14(17)9-4-2-3-5-9/h6-9,13-14,16-17H,2-5,15H2,1H3/t13-,14+/m0/s1. The first-order valence-corrected chi connectivity index (χ1v) is 6.44. The van der Waals surface area contributed by atoms with Crippen LogP contribution in [0.3, 0.4) is 0 Å². The summed E-state index contributed by atoms with van der Waals surface area (Å²) in [6.45, 7) is 0. The Bertz CT molecular complexity index is 402. The molecule has 0 saturated heterocycles. The van der Waals surface area contributed by atoms with Crippen molar-refractivity contribution in [2.75, 3.05) is 7.11 Å². The molecule has 0 amide bonds. The third kappa shape index (κ3) is 2.60. The topological polar surface area (TPSA) is 75.7 Å². The van der Waals surface area contributed by atoms with Crippen LogP contribution in [0.1, 0.15) is 37.3 Å². The van der Waals surface area contributed by atoms with E-state index in [1.807, 2.05) is 0 Å². The molecule has 2 rings (SSSR count). The lowest BCUT2D eigenvalue weighted by molar-refractivity contribution is 0.0844. The molecule has 0 unspecified atom stereocenters. The lowest BCUT2D eigenvalue weighted by Gasteiger charge is -2.24. The van der Waals surface area contributed by atoms with Gasteiger partial charge in [-0.15, -0.1) is 0 Å². The van der Waals surface area contributed by atoms with E-state index in [2.05, 4.69) is 0 Å². The summed E-state index contributed by atoms with van der Waals surface area (Å²) >= 11 is 0. The molecule has 0 radical (unpaired) electrons. The lowest BCUT2D eigenvalue weighted by atomic mass is 9.91. The highest BCUT2D eigenvalue weighted by Gasteiger charge is 2.29. The molecule has 0 aliphatic heterocycles. The van der Waals surface area contributed by atoms with E-state index in [4.69, 9.17) is 10.5 Å². The highest BCUT2D eigenvalue weighted by molar-refractivity contribution is 5.42. The molecule has 18 heavy (non-hydrogen) atoms. The van der Waals surface area contributed by atoms with Crippen molar-refractivity contribution in [3.8, 4) is 11.5 Å². The Kier molecular flexibility index (Phi) is 4.09. The molecule has 4 heteroatoms. The van der Waals surface area contributed by atoms with Crippen molar-refractivity contribution < 1.29 is 14.9 Å². The summed E-state index contributed by atoms with van der Waals surface area (Å²) in [5, 5.41) is 20.0. The molecular formula is C14H21NO3. The van der Waals surface area contributed by atoms with Gasteiger partial charge in [0.2, 0.25) is 0 Å². The highest BCUT2D eigenvalue weighted by atomic mass is 16.5. The van der Waals surface area contributed by atoms with Crippen molar-refractivity contribution in [3.05, 3.63) is 23.8 Å². The predicted octanol–water partition coefficient (Wildman–Crippen LogP) is 1.95. The van der Waals surface area contributed by atoms with E-state index in [1.165, 1.54) is 20.0 Å². The van der Waals surface area contributed by atoms with Gasteiger partial charge in [-0.25, -0.2) is 0 Å². The lowest BCUT2D eigenvalue weighted by Crippen LogP contribution is -2.31. The molecule has 4 nitrogen and oxygen atoms in total. The molecule has 100 valence electrons. The molecule has 1 aromatic rings. The van der Waals surface area contributed by atoms with E-state index in [-0.39, 0.29) is 11.7 Å². The molecular weight excluding hydrogens is 230 g/mol. The zero-order valence-electron chi connectivity index (χ0n) is 10.7. The van der Waals surface area contributed by atoms with Gasteiger partial charge < -0.3 is 20.7 Å². The fourth-order valence-corrected chi connectivity index (χ4v) is 2.70. The molecule has 2 atom stereocenters. The molecule has 1 aromatic carbocycles. The Labute approximate surface area is 107 Å². The van der Waals surface area contributed by atoms with Crippen LogP contribution in [-0.2, 0) is 0 Å². The largest absolute Gasteiger partial charge is 0.504 e. The molecule has 0 spiro atoms. The minimum atomic E-state index is -0.541. The van der Waals surface area contributed by atoms with Crippen LogP contribution in [0.25, 0.3) is 0 Å². The van der Waals surface area contributed by atoms with E-state index in [1.54, 1.807) is 18.2 Å². The summed E-state index contributed by atoms with van der Waals surface area (Å²) in [7, 11) is 1.50. The number of aromatic hydroxyl groups is 1. The molecule has 1 saturated carbocycles. The molecule has 0 heterocycles. The average molecular weight is 251 g/mol. The maximum atomic E-state index is 10.3. The van der Waals surface area contributed by atoms with E-state index in [9.17, 15) is 10.2 Å². The predicted molar refractivity (Wildman–Crippen MR) is 69.6 cm³/mol. The van der Waals surface area contributed by atoms with Crippen molar-refractivity contribution in [2.45, 2.75) is 37.8 Å². The van der Waals surface area contributed by atoms with Crippen LogP contribution >= 0.6 is 0 Å². The first-order valence-electron chi connectivity index (χ1n) is 6.44. The summed E-state index contributed by atoms with van der Waals surface area (Å²) in [5.74, 6) is 0.759. The van der Waals surface area contributed by atoms with Gasteiger partial charge in [-0.3, -0.25) is 0 Å². The third-order valence-corrected chi connectivity index (χ3v) is 3.84. The van der Waals surface area contributed by atoms with Gasteiger partial charge in [0.05, 0.1) is 19.3 Å². The number of benzene rings is 1. The smallest absolute Gasteiger partial charge is 0.160 e. The zero-order valence-corrected chi connectivity index (χ0v) is 10.7. The van der Waals surface area contributed by atoms with Crippen LogP contribution in [0.5, 0.6) is 11.5 Å². The van der Waals surface area contributed by atoms with Crippen molar-refractivity contribution in [1.82, 2.24) is 0 Å². The number of methoxy groups -OCH3 is 1. The number of ether oxygens (including phenoxy) is 1. The number of phenols is 1. The van der Waals surface area contributed by atoms with Crippen molar-refractivity contribution in [2.24, 2.45) is 11.7 Å².